The number of nitrogens with two attached hydrogens (primary N) is 1. The van der Waals surface area contributed by atoms with E-state index in [1.165, 1.54) is 10.9 Å². The normalized spacial score (nSPS) is 12.1. The molecule has 4 N–H and O–H groups in total. The lowest BCUT2D eigenvalue weighted by Crippen LogP contribution is -2.87. The minimum atomic E-state index is -0.0319. The van der Waals surface area contributed by atoms with Gasteiger partial charge in [0.05, 0.1) is 6.26 Å². The molecule has 0 bridgehead atoms. The molecule has 4 rings (SSSR count). The smallest absolute Gasteiger partial charge is 0.275 e. The molecule has 0 aliphatic carbocycles. The van der Waals surface area contributed by atoms with Gasteiger partial charge in [0.15, 0.2) is 18.3 Å². The van der Waals surface area contributed by atoms with E-state index in [4.69, 9.17) is 4.42 Å². The molecular weight excluding hydrogens is 350 g/mol. The summed E-state index contributed by atoms with van der Waals surface area (Å²) in [7, 11) is 0. The molecular formula is C23H24N3O2+. The Morgan fingerprint density at radius 2 is 1.86 bits per heavy atom. The Morgan fingerprint density at radius 3 is 2.68 bits per heavy atom. The highest BCUT2D eigenvalue weighted by Gasteiger charge is 2.21. The summed E-state index contributed by atoms with van der Waals surface area (Å²) in [4.78, 5) is 15.6. The van der Waals surface area contributed by atoms with Crippen molar-refractivity contribution in [2.24, 2.45) is 0 Å². The molecule has 1 amide bonds. The zero-order valence-corrected chi connectivity index (χ0v) is 15.6. The van der Waals surface area contributed by atoms with Gasteiger partial charge in [-0.05, 0) is 30.2 Å². The largest absolute Gasteiger partial charge is 0.463 e. The molecule has 5 heteroatoms. The Labute approximate surface area is 163 Å². The van der Waals surface area contributed by atoms with Gasteiger partial charge in [0, 0.05) is 29.2 Å². The summed E-state index contributed by atoms with van der Waals surface area (Å²) in [5.41, 5.74) is 3.46. The van der Waals surface area contributed by atoms with E-state index >= 15 is 0 Å². The fourth-order valence-corrected chi connectivity index (χ4v) is 3.52. The summed E-state index contributed by atoms with van der Waals surface area (Å²) in [6.07, 6.45) is 4.49. The quantitative estimate of drug-likeness (QED) is 0.444. The molecule has 142 valence electrons. The minimum Gasteiger partial charge on any atom is -0.463 e. The number of quaternary nitrogens is 1. The molecule has 2 aromatic heterocycles. The molecule has 0 unspecified atom stereocenters. The van der Waals surface area contributed by atoms with Crippen LogP contribution in [0.3, 0.4) is 0 Å². The summed E-state index contributed by atoms with van der Waals surface area (Å²) >= 11 is 0. The Kier molecular flexibility index (Phi) is 5.54. The number of furan rings is 1. The molecule has 5 nitrogen and oxygen atoms in total. The number of carbonyl (C=O) groups excluding carboxylic acids is 1. The number of amides is 1. The van der Waals surface area contributed by atoms with Gasteiger partial charge in [0.25, 0.3) is 5.91 Å². The summed E-state index contributed by atoms with van der Waals surface area (Å²) in [5, 5.41) is 6.25. The number of para-hydroxylation sites is 1. The van der Waals surface area contributed by atoms with E-state index in [1.807, 2.05) is 54.0 Å². The van der Waals surface area contributed by atoms with E-state index in [-0.39, 0.29) is 11.9 Å². The third kappa shape index (κ3) is 4.15. The van der Waals surface area contributed by atoms with Crippen LogP contribution >= 0.6 is 0 Å². The predicted molar refractivity (Wildman–Crippen MR) is 109 cm³/mol. The van der Waals surface area contributed by atoms with Crippen LogP contribution < -0.4 is 10.6 Å². The summed E-state index contributed by atoms with van der Waals surface area (Å²) in [6, 6.07) is 22.1. The molecule has 0 saturated heterocycles. The van der Waals surface area contributed by atoms with Crippen molar-refractivity contribution in [3.05, 3.63) is 96.1 Å². The van der Waals surface area contributed by atoms with E-state index in [1.54, 1.807) is 6.26 Å². The van der Waals surface area contributed by atoms with Gasteiger partial charge in [-0.25, -0.2) is 0 Å². The maximum atomic E-state index is 12.4. The van der Waals surface area contributed by atoms with Crippen LogP contribution in [0.4, 0.5) is 0 Å². The lowest BCUT2D eigenvalue weighted by Gasteiger charge is -2.14. The molecule has 0 fully saturated rings. The average Bonchev–Trinajstić information content (AvgIpc) is 3.40. The van der Waals surface area contributed by atoms with Crippen LogP contribution in [0.15, 0.2) is 83.6 Å². The molecule has 0 aliphatic rings. The lowest BCUT2D eigenvalue weighted by atomic mass is 10.0. The molecule has 1 atom stereocenters. The van der Waals surface area contributed by atoms with Crippen LogP contribution in [0.25, 0.3) is 10.9 Å². The first-order valence-corrected chi connectivity index (χ1v) is 9.54. The van der Waals surface area contributed by atoms with Gasteiger partial charge in [0.2, 0.25) is 0 Å². The summed E-state index contributed by atoms with van der Waals surface area (Å²) in [6.45, 7) is 0.958. The number of hydrogen-bond acceptors (Lipinski definition) is 2. The SMILES string of the molecule is O=C(C[NH2+][C@@H](c1ccccc1)c1ccco1)NCCc1c[nH]c2ccccc12. The third-order valence-electron chi connectivity index (χ3n) is 4.94. The number of rotatable bonds is 8. The van der Waals surface area contributed by atoms with Crippen LogP contribution in [0.5, 0.6) is 0 Å². The first-order chi connectivity index (χ1) is 13.8. The second-order valence-corrected chi connectivity index (χ2v) is 6.80. The van der Waals surface area contributed by atoms with Crippen molar-refractivity contribution in [3.8, 4) is 0 Å². The van der Waals surface area contributed by atoms with Gasteiger partial charge >= 0.3 is 0 Å². The van der Waals surface area contributed by atoms with Gasteiger partial charge in [0.1, 0.15) is 0 Å². The molecule has 0 spiro atoms. The van der Waals surface area contributed by atoms with Crippen molar-refractivity contribution in [2.45, 2.75) is 12.5 Å². The van der Waals surface area contributed by atoms with Crippen molar-refractivity contribution < 1.29 is 14.5 Å². The number of hydrogen-bond donors (Lipinski definition) is 3. The fourth-order valence-electron chi connectivity index (χ4n) is 3.52. The molecule has 0 saturated carbocycles. The molecule has 0 aliphatic heterocycles. The number of aromatic nitrogens is 1. The Bertz CT molecular complexity index is 1020. The molecule has 2 aromatic carbocycles. The van der Waals surface area contributed by atoms with Crippen molar-refractivity contribution >= 4 is 16.8 Å². The molecule has 28 heavy (non-hydrogen) atoms. The van der Waals surface area contributed by atoms with Crippen LogP contribution in [0, 0.1) is 0 Å². The highest BCUT2D eigenvalue weighted by Crippen LogP contribution is 2.19. The number of nitrogens with one attached hydrogen (secondary N) is 2. The predicted octanol–water partition coefficient (Wildman–Crippen LogP) is 2.77. The summed E-state index contributed by atoms with van der Waals surface area (Å²) < 4.78 is 5.59. The highest BCUT2D eigenvalue weighted by atomic mass is 16.3. The van der Waals surface area contributed by atoms with Crippen LogP contribution in [-0.4, -0.2) is 24.0 Å². The van der Waals surface area contributed by atoms with E-state index < -0.39 is 0 Å². The van der Waals surface area contributed by atoms with Crippen LogP contribution in [-0.2, 0) is 11.2 Å². The first kappa shape index (κ1) is 18.1. The zero-order valence-electron chi connectivity index (χ0n) is 15.6. The standard InChI is InChI=1S/C23H23N3O2/c27-22(24-13-12-18-15-25-20-10-5-4-9-19(18)20)16-26-23(21-11-6-14-28-21)17-7-2-1-3-8-17/h1-11,14-15,23,25-26H,12-13,16H2,(H,24,27)/p+1/t23-/m0/s1. The number of aromatic amines is 1. The number of carbonyl (C=O) groups is 1. The van der Waals surface area contributed by atoms with Crippen molar-refractivity contribution in [1.82, 2.24) is 10.3 Å². The monoisotopic (exact) mass is 374 g/mol. The van der Waals surface area contributed by atoms with E-state index in [2.05, 4.69) is 34.6 Å². The molecule has 4 aromatic rings. The van der Waals surface area contributed by atoms with Crippen molar-refractivity contribution in [2.75, 3.05) is 13.1 Å². The van der Waals surface area contributed by atoms with Gasteiger partial charge in [-0.3, -0.25) is 4.79 Å². The van der Waals surface area contributed by atoms with E-state index in [9.17, 15) is 4.79 Å². The maximum absolute atomic E-state index is 12.4. The van der Waals surface area contributed by atoms with Crippen molar-refractivity contribution in [3.63, 3.8) is 0 Å². The fraction of sp³-hybridized carbons (Fsp3) is 0.174. The Hall–Kier alpha value is -3.31. The van der Waals surface area contributed by atoms with Gasteiger partial charge in [-0.15, -0.1) is 0 Å². The van der Waals surface area contributed by atoms with Gasteiger partial charge in [-0.1, -0.05) is 48.5 Å². The number of benzene rings is 2. The number of H-pyrrole nitrogens is 1. The topological polar surface area (TPSA) is 74.6 Å². The molecule has 2 heterocycles. The van der Waals surface area contributed by atoms with E-state index in [0.29, 0.717) is 13.1 Å². The summed E-state index contributed by atoms with van der Waals surface area (Å²) in [5.74, 6) is 0.866. The number of fused-ring (bicyclic) bond motifs is 1. The Balaban J connectivity index is 1.31. The van der Waals surface area contributed by atoms with Gasteiger partial charge in [-0.2, -0.15) is 0 Å². The first-order valence-electron chi connectivity index (χ1n) is 9.54. The van der Waals surface area contributed by atoms with Crippen LogP contribution in [0.2, 0.25) is 0 Å². The third-order valence-corrected chi connectivity index (χ3v) is 4.94. The minimum absolute atomic E-state index is 0.0207. The maximum Gasteiger partial charge on any atom is 0.275 e. The Morgan fingerprint density at radius 1 is 1.04 bits per heavy atom. The zero-order chi connectivity index (χ0) is 19.2. The van der Waals surface area contributed by atoms with Crippen LogP contribution in [0.1, 0.15) is 22.9 Å². The lowest BCUT2D eigenvalue weighted by molar-refractivity contribution is -0.678. The van der Waals surface area contributed by atoms with E-state index in [0.717, 1.165) is 23.3 Å². The molecule has 0 radical (unpaired) electrons. The van der Waals surface area contributed by atoms with Crippen molar-refractivity contribution in [1.29, 1.82) is 0 Å². The second kappa shape index (κ2) is 8.59. The van der Waals surface area contributed by atoms with Gasteiger partial charge < -0.3 is 20.0 Å². The average molecular weight is 374 g/mol. The second-order valence-electron chi connectivity index (χ2n) is 6.80. The highest BCUT2D eigenvalue weighted by molar-refractivity contribution is 5.83.